The highest BCUT2D eigenvalue weighted by molar-refractivity contribution is 7.85. The molecule has 6 N–H and O–H groups in total. The molecule has 15 heavy (non-hydrogen) atoms. The summed E-state index contributed by atoms with van der Waals surface area (Å²) in [6, 6.07) is -0.685. The number of hydrogen-bond donors (Lipinski definition) is 4. The van der Waals surface area contributed by atoms with Crippen LogP contribution >= 0.6 is 0 Å². The molecule has 0 aromatic heterocycles. The summed E-state index contributed by atoms with van der Waals surface area (Å²) in [7, 11) is -4.04. The van der Waals surface area contributed by atoms with E-state index in [9.17, 15) is 13.2 Å². The van der Waals surface area contributed by atoms with Crippen LogP contribution in [0.1, 0.15) is 12.8 Å². The smallest absolute Gasteiger partial charge is 0.266 e. The minimum Gasteiger partial charge on any atom is -0.354 e. The minimum absolute atomic E-state index is 0.145. The van der Waals surface area contributed by atoms with Gasteiger partial charge in [0, 0.05) is 6.54 Å². The maximum absolute atomic E-state index is 11.2. The maximum atomic E-state index is 11.2. The van der Waals surface area contributed by atoms with Crippen molar-refractivity contribution in [3.63, 3.8) is 0 Å². The third-order valence-corrected chi connectivity index (χ3v) is 2.44. The van der Waals surface area contributed by atoms with Crippen LogP contribution in [-0.4, -0.2) is 43.8 Å². The molecular weight excluding hydrogens is 222 g/mol. The number of carbonyl (C=O) groups is 1. The number of nitrogens with two attached hydrogens (primary N) is 2. The average molecular weight is 239 g/mol. The van der Waals surface area contributed by atoms with Crippen LogP contribution < -0.4 is 16.8 Å². The summed E-state index contributed by atoms with van der Waals surface area (Å²) in [6.07, 6.45) is 1.08. The summed E-state index contributed by atoms with van der Waals surface area (Å²) in [5.41, 5.74) is 10.7. The Balaban J connectivity index is 3.74. The van der Waals surface area contributed by atoms with Gasteiger partial charge in [-0.3, -0.25) is 9.35 Å². The van der Waals surface area contributed by atoms with Crippen molar-refractivity contribution in [1.29, 1.82) is 0 Å². The van der Waals surface area contributed by atoms with Crippen LogP contribution in [0.5, 0.6) is 0 Å². The Kier molecular flexibility index (Phi) is 6.41. The second-order valence-corrected chi connectivity index (χ2v) is 4.69. The molecule has 0 fully saturated rings. The van der Waals surface area contributed by atoms with Gasteiger partial charge in [-0.1, -0.05) is 0 Å². The zero-order valence-corrected chi connectivity index (χ0v) is 9.16. The molecule has 0 heterocycles. The molecule has 0 aromatic rings. The molecule has 1 amide bonds. The van der Waals surface area contributed by atoms with Gasteiger partial charge in [0.2, 0.25) is 5.91 Å². The zero-order chi connectivity index (χ0) is 11.9. The molecule has 0 saturated carbocycles. The second kappa shape index (κ2) is 6.72. The SMILES string of the molecule is NCCC[C@H](N)C(=O)NCCS(=O)(=O)O. The second-order valence-electron chi connectivity index (χ2n) is 3.11. The van der Waals surface area contributed by atoms with Crippen molar-refractivity contribution in [2.24, 2.45) is 11.5 Å². The highest BCUT2D eigenvalue weighted by Gasteiger charge is 2.13. The van der Waals surface area contributed by atoms with Gasteiger partial charge in [-0.15, -0.1) is 0 Å². The molecule has 0 spiro atoms. The molecular formula is C7H17N3O4S. The fourth-order valence-electron chi connectivity index (χ4n) is 0.903. The van der Waals surface area contributed by atoms with Crippen molar-refractivity contribution in [2.45, 2.75) is 18.9 Å². The van der Waals surface area contributed by atoms with Gasteiger partial charge in [-0.25, -0.2) is 0 Å². The Hall–Kier alpha value is -0.700. The molecule has 0 radical (unpaired) electrons. The monoisotopic (exact) mass is 239 g/mol. The predicted molar refractivity (Wildman–Crippen MR) is 55.7 cm³/mol. The zero-order valence-electron chi connectivity index (χ0n) is 8.35. The molecule has 0 aliphatic rings. The van der Waals surface area contributed by atoms with E-state index in [-0.39, 0.29) is 6.54 Å². The molecule has 0 bridgehead atoms. The van der Waals surface area contributed by atoms with E-state index in [1.54, 1.807) is 0 Å². The Morgan fingerprint density at radius 3 is 2.53 bits per heavy atom. The van der Waals surface area contributed by atoms with E-state index in [1.807, 2.05) is 0 Å². The molecule has 0 aliphatic carbocycles. The van der Waals surface area contributed by atoms with Crippen LogP contribution in [0.2, 0.25) is 0 Å². The standard InChI is InChI=1S/C7H17N3O4S/c8-3-1-2-6(9)7(11)10-4-5-15(12,13)14/h6H,1-5,8-9H2,(H,10,11)(H,12,13,14)/t6-/m0/s1. The van der Waals surface area contributed by atoms with E-state index in [2.05, 4.69) is 5.32 Å². The first-order valence-electron chi connectivity index (χ1n) is 4.55. The molecule has 1 atom stereocenters. The van der Waals surface area contributed by atoms with Gasteiger partial charge >= 0.3 is 0 Å². The van der Waals surface area contributed by atoms with E-state index in [4.69, 9.17) is 16.0 Å². The third kappa shape index (κ3) is 8.30. The lowest BCUT2D eigenvalue weighted by atomic mass is 10.1. The highest BCUT2D eigenvalue weighted by atomic mass is 32.2. The van der Waals surface area contributed by atoms with Crippen molar-refractivity contribution in [1.82, 2.24) is 5.32 Å². The van der Waals surface area contributed by atoms with E-state index in [0.717, 1.165) is 0 Å². The molecule has 0 aromatic carbocycles. The van der Waals surface area contributed by atoms with Crippen molar-refractivity contribution in [3.8, 4) is 0 Å². The Labute approximate surface area is 88.9 Å². The minimum atomic E-state index is -4.04. The summed E-state index contributed by atoms with van der Waals surface area (Å²) in [5, 5.41) is 2.30. The molecule has 90 valence electrons. The van der Waals surface area contributed by atoms with Crippen LogP contribution in [0.25, 0.3) is 0 Å². The predicted octanol–water partition coefficient (Wildman–Crippen LogP) is -1.94. The molecule has 7 nitrogen and oxygen atoms in total. The lowest BCUT2D eigenvalue weighted by Crippen LogP contribution is -2.42. The van der Waals surface area contributed by atoms with Crippen molar-refractivity contribution in [3.05, 3.63) is 0 Å². The van der Waals surface area contributed by atoms with Crippen LogP contribution in [0, 0.1) is 0 Å². The summed E-state index contributed by atoms with van der Waals surface area (Å²) >= 11 is 0. The van der Waals surface area contributed by atoms with Crippen LogP contribution in [-0.2, 0) is 14.9 Å². The van der Waals surface area contributed by atoms with Gasteiger partial charge in [0.15, 0.2) is 0 Å². The van der Waals surface area contributed by atoms with Gasteiger partial charge in [0.25, 0.3) is 10.1 Å². The van der Waals surface area contributed by atoms with Crippen LogP contribution in [0.3, 0.4) is 0 Å². The van der Waals surface area contributed by atoms with Crippen LogP contribution in [0.4, 0.5) is 0 Å². The number of amides is 1. The van der Waals surface area contributed by atoms with Gasteiger partial charge in [0.1, 0.15) is 0 Å². The highest BCUT2D eigenvalue weighted by Crippen LogP contribution is 1.92. The number of nitrogens with one attached hydrogen (secondary N) is 1. The largest absolute Gasteiger partial charge is 0.354 e. The summed E-state index contributed by atoms with van der Waals surface area (Å²) in [5.74, 6) is -0.949. The first kappa shape index (κ1) is 14.3. The van der Waals surface area contributed by atoms with Gasteiger partial charge in [-0.05, 0) is 19.4 Å². The van der Waals surface area contributed by atoms with Crippen LogP contribution in [0.15, 0.2) is 0 Å². The summed E-state index contributed by atoms with van der Waals surface area (Å²) in [6.45, 7) is 0.306. The lowest BCUT2D eigenvalue weighted by Gasteiger charge is -2.10. The first-order valence-corrected chi connectivity index (χ1v) is 6.16. The Morgan fingerprint density at radius 1 is 1.47 bits per heavy atom. The maximum Gasteiger partial charge on any atom is 0.266 e. The fraction of sp³-hybridized carbons (Fsp3) is 0.857. The molecule has 0 rings (SSSR count). The van der Waals surface area contributed by atoms with E-state index >= 15 is 0 Å². The number of carbonyl (C=O) groups excluding carboxylic acids is 1. The van der Waals surface area contributed by atoms with Crippen molar-refractivity contribution >= 4 is 16.0 Å². The molecule has 0 aliphatic heterocycles. The van der Waals surface area contributed by atoms with Crippen molar-refractivity contribution < 1.29 is 17.8 Å². The van der Waals surface area contributed by atoms with E-state index in [0.29, 0.717) is 19.4 Å². The average Bonchev–Trinajstić information content (AvgIpc) is 2.11. The van der Waals surface area contributed by atoms with E-state index < -0.39 is 27.8 Å². The number of rotatable bonds is 7. The van der Waals surface area contributed by atoms with Gasteiger partial charge < -0.3 is 16.8 Å². The van der Waals surface area contributed by atoms with E-state index in [1.165, 1.54) is 0 Å². The third-order valence-electron chi connectivity index (χ3n) is 1.72. The molecule has 0 saturated heterocycles. The lowest BCUT2D eigenvalue weighted by molar-refractivity contribution is -0.122. The fourth-order valence-corrected chi connectivity index (χ4v) is 1.26. The van der Waals surface area contributed by atoms with Gasteiger partial charge in [-0.2, -0.15) is 8.42 Å². The quantitative estimate of drug-likeness (QED) is 0.381. The number of hydrogen-bond acceptors (Lipinski definition) is 5. The topological polar surface area (TPSA) is 136 Å². The molecule has 0 unspecified atom stereocenters. The normalized spacial score (nSPS) is 13.5. The van der Waals surface area contributed by atoms with Gasteiger partial charge in [0.05, 0.1) is 11.8 Å². The summed E-state index contributed by atoms with van der Waals surface area (Å²) < 4.78 is 29.0. The van der Waals surface area contributed by atoms with Crippen molar-refractivity contribution in [2.75, 3.05) is 18.8 Å². The summed E-state index contributed by atoms with van der Waals surface area (Å²) in [4.78, 5) is 11.2. The Morgan fingerprint density at radius 2 is 2.07 bits per heavy atom. The first-order chi connectivity index (χ1) is 6.87. The Bertz CT molecular complexity index is 291. The molecule has 8 heteroatoms.